The summed E-state index contributed by atoms with van der Waals surface area (Å²) in [6, 6.07) is 6.80. The van der Waals surface area contributed by atoms with Crippen molar-refractivity contribution in [3.05, 3.63) is 32.4 Å². The third kappa shape index (κ3) is 3.32. The van der Waals surface area contributed by atoms with Crippen molar-refractivity contribution in [3.63, 3.8) is 0 Å². The van der Waals surface area contributed by atoms with E-state index in [1.807, 2.05) is 22.7 Å². The van der Waals surface area contributed by atoms with Crippen LogP contribution in [0.15, 0.2) is 22.7 Å². The van der Waals surface area contributed by atoms with Gasteiger partial charge in [0.1, 0.15) is 0 Å². The fourth-order valence-corrected chi connectivity index (χ4v) is 5.03. The lowest BCUT2D eigenvalue weighted by Crippen LogP contribution is -2.07. The summed E-state index contributed by atoms with van der Waals surface area (Å²) in [6.07, 6.45) is 0. The number of halogens is 1. The van der Waals surface area contributed by atoms with Gasteiger partial charge in [-0.2, -0.15) is 0 Å². The normalized spacial score (nSPS) is 13.0. The van der Waals surface area contributed by atoms with Gasteiger partial charge in [-0.25, -0.2) is 0 Å². The standard InChI is InChI=1S/C16H21BrS2/c1-15(2,3)12-8-7-11(18-12)14-10(17)9-13(19-14)16(4,5)6/h7-9H,1-6H3. The van der Waals surface area contributed by atoms with E-state index in [2.05, 4.69) is 75.7 Å². The van der Waals surface area contributed by atoms with Crippen molar-refractivity contribution in [3.8, 4) is 9.75 Å². The van der Waals surface area contributed by atoms with Gasteiger partial charge in [-0.3, -0.25) is 0 Å². The molecule has 0 amide bonds. The van der Waals surface area contributed by atoms with Crippen molar-refractivity contribution in [2.24, 2.45) is 0 Å². The van der Waals surface area contributed by atoms with Crippen LogP contribution < -0.4 is 0 Å². The van der Waals surface area contributed by atoms with Crippen LogP contribution in [-0.2, 0) is 10.8 Å². The Kier molecular flexibility index (Phi) is 4.03. The summed E-state index contributed by atoms with van der Waals surface area (Å²) >= 11 is 7.54. The molecule has 104 valence electrons. The molecule has 0 radical (unpaired) electrons. The van der Waals surface area contributed by atoms with Crippen LogP contribution in [0.5, 0.6) is 0 Å². The first-order valence-electron chi connectivity index (χ1n) is 6.49. The Hall–Kier alpha value is -0.120. The van der Waals surface area contributed by atoms with E-state index in [0.717, 1.165) is 0 Å². The molecule has 3 heteroatoms. The Morgan fingerprint density at radius 2 is 1.42 bits per heavy atom. The summed E-state index contributed by atoms with van der Waals surface area (Å²) in [5, 5.41) is 0. The lowest BCUT2D eigenvalue weighted by atomic mass is 9.95. The largest absolute Gasteiger partial charge is 0.139 e. The van der Waals surface area contributed by atoms with Crippen molar-refractivity contribution in [2.45, 2.75) is 52.4 Å². The highest BCUT2D eigenvalue weighted by atomic mass is 79.9. The maximum absolute atomic E-state index is 3.72. The van der Waals surface area contributed by atoms with E-state index >= 15 is 0 Å². The second-order valence-corrected chi connectivity index (χ2v) is 9.94. The van der Waals surface area contributed by atoms with Gasteiger partial charge in [-0.05, 0) is 45.0 Å². The van der Waals surface area contributed by atoms with Gasteiger partial charge in [0, 0.05) is 19.1 Å². The van der Waals surface area contributed by atoms with Crippen molar-refractivity contribution in [2.75, 3.05) is 0 Å². The van der Waals surface area contributed by atoms with E-state index in [-0.39, 0.29) is 10.8 Å². The Balaban J connectivity index is 2.43. The number of rotatable bonds is 1. The van der Waals surface area contributed by atoms with E-state index in [1.54, 1.807) is 0 Å². The number of thiophene rings is 2. The van der Waals surface area contributed by atoms with Crippen LogP contribution in [0.3, 0.4) is 0 Å². The summed E-state index contributed by atoms with van der Waals surface area (Å²) in [4.78, 5) is 5.61. The molecule has 0 nitrogen and oxygen atoms in total. The van der Waals surface area contributed by atoms with Gasteiger partial charge in [0.05, 0.1) is 4.88 Å². The molecule has 0 bridgehead atoms. The van der Waals surface area contributed by atoms with Gasteiger partial charge in [0.25, 0.3) is 0 Å². The molecular formula is C16H21BrS2. The van der Waals surface area contributed by atoms with E-state index in [1.165, 1.54) is 24.0 Å². The molecule has 2 rings (SSSR count). The van der Waals surface area contributed by atoms with Gasteiger partial charge in [0.2, 0.25) is 0 Å². The molecule has 0 unspecified atom stereocenters. The second-order valence-electron chi connectivity index (χ2n) is 6.95. The van der Waals surface area contributed by atoms with E-state index in [9.17, 15) is 0 Å². The minimum Gasteiger partial charge on any atom is -0.139 e. The highest BCUT2D eigenvalue weighted by molar-refractivity contribution is 9.10. The Labute approximate surface area is 133 Å². The minimum absolute atomic E-state index is 0.218. The fourth-order valence-electron chi connectivity index (χ4n) is 1.77. The Bertz CT molecular complexity index is 577. The van der Waals surface area contributed by atoms with Gasteiger partial charge < -0.3 is 0 Å². The van der Waals surface area contributed by atoms with Crippen molar-refractivity contribution in [1.29, 1.82) is 0 Å². The summed E-state index contributed by atoms with van der Waals surface area (Å²) in [5.74, 6) is 0. The number of hydrogen-bond acceptors (Lipinski definition) is 2. The summed E-state index contributed by atoms with van der Waals surface area (Å²) in [7, 11) is 0. The molecule has 0 aliphatic rings. The molecule has 19 heavy (non-hydrogen) atoms. The molecule has 0 atom stereocenters. The van der Waals surface area contributed by atoms with Crippen LogP contribution in [0.4, 0.5) is 0 Å². The maximum atomic E-state index is 3.72. The van der Waals surface area contributed by atoms with Crippen LogP contribution in [-0.4, -0.2) is 0 Å². The molecule has 0 fully saturated rings. The summed E-state index contributed by atoms with van der Waals surface area (Å²) < 4.78 is 1.23. The lowest BCUT2D eigenvalue weighted by Gasteiger charge is -2.15. The third-order valence-electron chi connectivity index (χ3n) is 2.99. The zero-order chi connectivity index (χ0) is 14.4. The third-order valence-corrected chi connectivity index (χ3v) is 7.13. The van der Waals surface area contributed by atoms with Crippen LogP contribution >= 0.6 is 38.6 Å². The molecule has 0 aliphatic heterocycles. The fraction of sp³-hybridized carbons (Fsp3) is 0.500. The van der Waals surface area contributed by atoms with Gasteiger partial charge >= 0.3 is 0 Å². The molecule has 2 aromatic heterocycles. The predicted molar refractivity (Wildman–Crippen MR) is 92.7 cm³/mol. The average Bonchev–Trinajstić information content (AvgIpc) is 2.80. The van der Waals surface area contributed by atoms with Crippen LogP contribution in [0.1, 0.15) is 51.3 Å². The molecule has 0 saturated carbocycles. The molecule has 0 aromatic carbocycles. The SMILES string of the molecule is CC(C)(C)c1ccc(-c2sc(C(C)(C)C)cc2Br)s1. The summed E-state index contributed by atoms with van der Waals surface area (Å²) in [5.41, 5.74) is 0.453. The minimum atomic E-state index is 0.218. The molecule has 2 heterocycles. The molecular weight excluding hydrogens is 336 g/mol. The molecule has 0 spiro atoms. The van der Waals surface area contributed by atoms with Gasteiger partial charge in [-0.1, -0.05) is 41.5 Å². The average molecular weight is 357 g/mol. The molecule has 0 N–H and O–H groups in total. The van der Waals surface area contributed by atoms with Crippen LogP contribution in [0, 0.1) is 0 Å². The number of hydrogen-bond donors (Lipinski definition) is 0. The highest BCUT2D eigenvalue weighted by Crippen LogP contribution is 2.44. The maximum Gasteiger partial charge on any atom is 0.0587 e. The summed E-state index contributed by atoms with van der Waals surface area (Å²) in [6.45, 7) is 13.6. The predicted octanol–water partition coefficient (Wildman–Crippen LogP) is 6.83. The smallest absolute Gasteiger partial charge is 0.0587 e. The van der Waals surface area contributed by atoms with Crippen molar-refractivity contribution < 1.29 is 0 Å². The highest BCUT2D eigenvalue weighted by Gasteiger charge is 2.22. The van der Waals surface area contributed by atoms with E-state index in [0.29, 0.717) is 0 Å². The first-order valence-corrected chi connectivity index (χ1v) is 8.92. The monoisotopic (exact) mass is 356 g/mol. The Morgan fingerprint density at radius 1 is 0.842 bits per heavy atom. The second kappa shape index (κ2) is 5.01. The van der Waals surface area contributed by atoms with Gasteiger partial charge in [-0.15, -0.1) is 22.7 Å². The van der Waals surface area contributed by atoms with E-state index < -0.39 is 0 Å². The molecule has 0 saturated heterocycles. The molecule has 0 aliphatic carbocycles. The van der Waals surface area contributed by atoms with Gasteiger partial charge in [0.15, 0.2) is 0 Å². The van der Waals surface area contributed by atoms with Crippen molar-refractivity contribution in [1.82, 2.24) is 0 Å². The first-order chi connectivity index (χ1) is 8.59. The Morgan fingerprint density at radius 3 is 1.84 bits per heavy atom. The van der Waals surface area contributed by atoms with Crippen LogP contribution in [0.25, 0.3) is 9.75 Å². The zero-order valence-corrected chi connectivity index (χ0v) is 15.6. The van der Waals surface area contributed by atoms with E-state index in [4.69, 9.17) is 0 Å². The topological polar surface area (TPSA) is 0 Å². The quantitative estimate of drug-likeness (QED) is 0.524. The molecule has 2 aromatic rings. The zero-order valence-electron chi connectivity index (χ0n) is 12.4. The van der Waals surface area contributed by atoms with Crippen LogP contribution in [0.2, 0.25) is 0 Å². The first kappa shape index (κ1) is 15.3. The lowest BCUT2D eigenvalue weighted by molar-refractivity contribution is 0.603. The van der Waals surface area contributed by atoms with Crippen molar-refractivity contribution >= 4 is 38.6 Å².